The summed E-state index contributed by atoms with van der Waals surface area (Å²) in [5, 5.41) is 7.64. The Labute approximate surface area is 262 Å². The summed E-state index contributed by atoms with van der Waals surface area (Å²) in [7, 11) is 0. The van der Waals surface area contributed by atoms with Gasteiger partial charge in [-0.3, -0.25) is 9.69 Å². The van der Waals surface area contributed by atoms with E-state index >= 15 is 0 Å². The van der Waals surface area contributed by atoms with Crippen LogP contribution >= 0.6 is 11.8 Å². The lowest BCUT2D eigenvalue weighted by Gasteiger charge is -2.22. The van der Waals surface area contributed by atoms with Crippen molar-refractivity contribution in [3.63, 3.8) is 0 Å². The first-order valence-corrected chi connectivity index (χ1v) is 15.2. The van der Waals surface area contributed by atoms with E-state index in [4.69, 9.17) is 0 Å². The van der Waals surface area contributed by atoms with Gasteiger partial charge < -0.3 is 10.1 Å². The standard InChI is InChI=1S/C32H31F3N6O3S/c1-19(2)26-14-5-20(3)15-27(26)41-28(42)17-45-31(41)38-30(43)36-16-21(4)22-6-8-23(9-7-22)29-37-18-40(39-29)24-10-12-25(13-11-24)44-32(33,34)35/h5-15,18-19,21H,16-17H2,1-4H3,(H,36,43). The molecular formula is C32H31F3N6O3S. The van der Waals surface area contributed by atoms with Crippen molar-refractivity contribution in [3.8, 4) is 22.8 Å². The molecule has 234 valence electrons. The molecule has 2 heterocycles. The number of nitrogens with zero attached hydrogens (tertiary/aromatic N) is 5. The molecule has 1 saturated heterocycles. The fourth-order valence-corrected chi connectivity index (χ4v) is 5.64. The number of nitrogens with one attached hydrogen (secondary N) is 1. The molecule has 1 aromatic heterocycles. The predicted molar refractivity (Wildman–Crippen MR) is 168 cm³/mol. The number of urea groups is 1. The molecule has 0 aliphatic carbocycles. The van der Waals surface area contributed by atoms with E-state index in [9.17, 15) is 22.8 Å². The van der Waals surface area contributed by atoms with Crippen LogP contribution in [0.3, 0.4) is 0 Å². The second kappa shape index (κ2) is 13.1. The molecule has 13 heteroatoms. The summed E-state index contributed by atoms with van der Waals surface area (Å²) in [5.41, 5.74) is 5.03. The number of amides is 3. The molecule has 3 amide bonds. The molecule has 1 N–H and O–H groups in total. The van der Waals surface area contributed by atoms with Gasteiger partial charge in [-0.25, -0.2) is 14.5 Å². The third-order valence-corrected chi connectivity index (χ3v) is 8.06. The predicted octanol–water partition coefficient (Wildman–Crippen LogP) is 7.21. The van der Waals surface area contributed by atoms with Crippen LogP contribution in [0, 0.1) is 6.92 Å². The van der Waals surface area contributed by atoms with Crippen LogP contribution in [0.15, 0.2) is 78.0 Å². The summed E-state index contributed by atoms with van der Waals surface area (Å²) in [6, 6.07) is 18.3. The summed E-state index contributed by atoms with van der Waals surface area (Å²) in [6.45, 7) is 8.39. The Balaban J connectivity index is 1.20. The van der Waals surface area contributed by atoms with Gasteiger partial charge in [0.05, 0.1) is 17.1 Å². The summed E-state index contributed by atoms with van der Waals surface area (Å²) in [5.74, 6) is 0.379. The molecular weight excluding hydrogens is 605 g/mol. The zero-order chi connectivity index (χ0) is 32.3. The van der Waals surface area contributed by atoms with Crippen molar-refractivity contribution in [1.29, 1.82) is 0 Å². The number of alkyl halides is 3. The molecule has 0 spiro atoms. The number of hydrogen-bond donors (Lipinski definition) is 1. The van der Waals surface area contributed by atoms with Crippen LogP contribution in [-0.2, 0) is 4.79 Å². The summed E-state index contributed by atoms with van der Waals surface area (Å²) < 4.78 is 42.6. The number of halogens is 3. The zero-order valence-corrected chi connectivity index (χ0v) is 25.8. The zero-order valence-electron chi connectivity index (χ0n) is 25.0. The number of aryl methyl sites for hydroxylation is 1. The Morgan fingerprint density at radius 3 is 2.44 bits per heavy atom. The lowest BCUT2D eigenvalue weighted by molar-refractivity contribution is -0.274. The second-order valence-electron chi connectivity index (χ2n) is 10.9. The highest BCUT2D eigenvalue weighted by atomic mass is 32.2. The highest BCUT2D eigenvalue weighted by Crippen LogP contribution is 2.34. The second-order valence-corrected chi connectivity index (χ2v) is 11.8. The minimum atomic E-state index is -4.76. The number of rotatable bonds is 8. The largest absolute Gasteiger partial charge is 0.573 e. The molecule has 45 heavy (non-hydrogen) atoms. The van der Waals surface area contributed by atoms with E-state index < -0.39 is 12.4 Å². The fraction of sp³-hybridized carbons (Fsp3) is 0.281. The molecule has 1 aliphatic rings. The van der Waals surface area contributed by atoms with Gasteiger partial charge in [-0.05, 0) is 65.8 Å². The Morgan fingerprint density at radius 2 is 1.78 bits per heavy atom. The van der Waals surface area contributed by atoms with Gasteiger partial charge >= 0.3 is 12.4 Å². The van der Waals surface area contributed by atoms with Gasteiger partial charge in [0.1, 0.15) is 12.1 Å². The van der Waals surface area contributed by atoms with Gasteiger partial charge in [0.25, 0.3) is 0 Å². The van der Waals surface area contributed by atoms with E-state index in [0.29, 0.717) is 23.2 Å². The van der Waals surface area contributed by atoms with E-state index in [1.165, 1.54) is 47.0 Å². The maximum atomic E-state index is 12.8. The lowest BCUT2D eigenvalue weighted by Crippen LogP contribution is -2.33. The third kappa shape index (κ3) is 7.72. The number of amidine groups is 1. The molecule has 1 aliphatic heterocycles. The number of anilines is 1. The number of hydrogen-bond acceptors (Lipinski definition) is 6. The summed E-state index contributed by atoms with van der Waals surface area (Å²) in [6.07, 6.45) is -3.29. The molecule has 1 unspecified atom stereocenters. The van der Waals surface area contributed by atoms with E-state index in [2.05, 4.69) is 39.0 Å². The van der Waals surface area contributed by atoms with E-state index in [0.717, 1.165) is 27.9 Å². The molecule has 9 nitrogen and oxygen atoms in total. The molecule has 5 rings (SSSR count). The van der Waals surface area contributed by atoms with Crippen molar-refractivity contribution in [2.24, 2.45) is 4.99 Å². The van der Waals surface area contributed by atoms with Gasteiger partial charge in [-0.15, -0.1) is 18.3 Å². The lowest BCUT2D eigenvalue weighted by atomic mass is 9.99. The van der Waals surface area contributed by atoms with Crippen LogP contribution in [0.25, 0.3) is 17.1 Å². The number of carbonyl (C=O) groups is 2. The Morgan fingerprint density at radius 1 is 1.07 bits per heavy atom. The Bertz CT molecular complexity index is 1720. The van der Waals surface area contributed by atoms with Crippen LogP contribution in [-0.4, -0.2) is 50.5 Å². The SMILES string of the molecule is Cc1ccc(C(C)C)c(N2C(=O)CSC2=NC(=O)NCC(C)c2ccc(-c3ncn(-c4ccc(OC(F)(F)F)cc4)n3)cc2)c1. The van der Waals surface area contributed by atoms with Crippen LogP contribution in [0.1, 0.15) is 49.3 Å². The van der Waals surface area contributed by atoms with Crippen molar-refractivity contribution in [3.05, 3.63) is 89.7 Å². The maximum absolute atomic E-state index is 12.8. The monoisotopic (exact) mass is 636 g/mol. The van der Waals surface area contributed by atoms with Crippen molar-refractivity contribution in [2.75, 3.05) is 17.2 Å². The normalized spacial score (nSPS) is 15.2. The first-order chi connectivity index (χ1) is 21.4. The molecule has 1 atom stereocenters. The van der Waals surface area contributed by atoms with Gasteiger partial charge in [0.2, 0.25) is 5.91 Å². The molecule has 3 aromatic carbocycles. The molecule has 0 bridgehead atoms. The van der Waals surface area contributed by atoms with Gasteiger partial charge in [-0.1, -0.05) is 68.9 Å². The average molecular weight is 637 g/mol. The van der Waals surface area contributed by atoms with Crippen LogP contribution in [0.4, 0.5) is 23.7 Å². The minimum Gasteiger partial charge on any atom is -0.406 e. The molecule has 0 saturated carbocycles. The maximum Gasteiger partial charge on any atom is 0.573 e. The van der Waals surface area contributed by atoms with Crippen molar-refractivity contribution < 1.29 is 27.5 Å². The Kier molecular flexibility index (Phi) is 9.28. The number of benzene rings is 3. The van der Waals surface area contributed by atoms with Crippen molar-refractivity contribution in [2.45, 2.75) is 45.9 Å². The number of aromatic nitrogens is 3. The summed E-state index contributed by atoms with van der Waals surface area (Å²) in [4.78, 5) is 35.7. The smallest absolute Gasteiger partial charge is 0.406 e. The number of thioether (sulfide) groups is 1. The average Bonchev–Trinajstić information content (AvgIpc) is 3.62. The highest BCUT2D eigenvalue weighted by Gasteiger charge is 2.33. The Hall–Kier alpha value is -4.65. The van der Waals surface area contributed by atoms with E-state index in [1.807, 2.05) is 56.3 Å². The highest BCUT2D eigenvalue weighted by molar-refractivity contribution is 8.15. The molecule has 4 aromatic rings. The van der Waals surface area contributed by atoms with Crippen LogP contribution in [0.5, 0.6) is 5.75 Å². The van der Waals surface area contributed by atoms with Crippen molar-refractivity contribution >= 4 is 34.6 Å². The molecule has 1 fully saturated rings. The van der Waals surface area contributed by atoms with Crippen LogP contribution < -0.4 is 15.0 Å². The number of carbonyl (C=O) groups excluding carboxylic acids is 2. The first kappa shape index (κ1) is 31.8. The fourth-order valence-electron chi connectivity index (χ4n) is 4.78. The topological polar surface area (TPSA) is 102 Å². The van der Waals surface area contributed by atoms with Gasteiger partial charge in [-0.2, -0.15) is 4.99 Å². The first-order valence-electron chi connectivity index (χ1n) is 14.2. The van der Waals surface area contributed by atoms with Gasteiger partial charge in [0, 0.05) is 12.1 Å². The number of aliphatic imine (C=N–C) groups is 1. The van der Waals surface area contributed by atoms with E-state index in [-0.39, 0.29) is 29.2 Å². The number of ether oxygens (including phenoxy) is 1. The minimum absolute atomic E-state index is 0.0376. The van der Waals surface area contributed by atoms with Crippen molar-refractivity contribution in [1.82, 2.24) is 20.1 Å². The van der Waals surface area contributed by atoms with Crippen LogP contribution in [0.2, 0.25) is 0 Å². The summed E-state index contributed by atoms with van der Waals surface area (Å²) >= 11 is 1.25. The van der Waals surface area contributed by atoms with E-state index in [1.54, 1.807) is 4.90 Å². The third-order valence-electron chi connectivity index (χ3n) is 7.14. The quantitative estimate of drug-likeness (QED) is 0.219. The molecule has 0 radical (unpaired) electrons. The van der Waals surface area contributed by atoms with Gasteiger partial charge in [0.15, 0.2) is 11.0 Å².